The van der Waals surface area contributed by atoms with Crippen LogP contribution in [-0.2, 0) is 9.59 Å². The zero-order valence-electron chi connectivity index (χ0n) is 10.4. The molecule has 18 heavy (non-hydrogen) atoms. The summed E-state index contributed by atoms with van der Waals surface area (Å²) in [5.74, 6) is -0.499. The first-order valence-corrected chi connectivity index (χ1v) is 5.36. The maximum atomic E-state index is 11.6. The molecule has 1 aromatic rings. The van der Waals surface area contributed by atoms with E-state index >= 15 is 0 Å². The minimum atomic E-state index is -0.593. The van der Waals surface area contributed by atoms with Gasteiger partial charge in [0.2, 0.25) is 11.8 Å². The van der Waals surface area contributed by atoms with Crippen LogP contribution in [0.3, 0.4) is 0 Å². The van der Waals surface area contributed by atoms with E-state index in [2.05, 4.69) is 5.32 Å². The SMILES string of the molecule is CC(N)C(=O)N(C)CC(=O)Nc1ccccc1.Cl. The highest BCUT2D eigenvalue weighted by Crippen LogP contribution is 2.04. The molecule has 0 saturated carbocycles. The zero-order valence-corrected chi connectivity index (χ0v) is 11.2. The van der Waals surface area contributed by atoms with E-state index in [1.165, 1.54) is 4.90 Å². The van der Waals surface area contributed by atoms with Crippen molar-refractivity contribution in [2.75, 3.05) is 18.9 Å². The molecular formula is C12H18ClN3O2. The highest BCUT2D eigenvalue weighted by atomic mass is 35.5. The molecule has 1 atom stereocenters. The molecule has 0 fully saturated rings. The van der Waals surface area contributed by atoms with Crippen LogP contribution >= 0.6 is 12.4 Å². The van der Waals surface area contributed by atoms with Gasteiger partial charge in [0, 0.05) is 12.7 Å². The maximum absolute atomic E-state index is 11.6. The number of nitrogens with one attached hydrogen (secondary N) is 1. The van der Waals surface area contributed by atoms with Gasteiger partial charge in [-0.05, 0) is 19.1 Å². The molecule has 2 amide bonds. The first-order chi connectivity index (χ1) is 8.00. The second-order valence-corrected chi connectivity index (χ2v) is 3.90. The number of halogens is 1. The molecule has 3 N–H and O–H groups in total. The lowest BCUT2D eigenvalue weighted by Crippen LogP contribution is -2.43. The number of para-hydroxylation sites is 1. The van der Waals surface area contributed by atoms with E-state index in [1.54, 1.807) is 26.1 Å². The van der Waals surface area contributed by atoms with Crippen LogP contribution in [0.4, 0.5) is 5.69 Å². The molecule has 0 spiro atoms. The van der Waals surface area contributed by atoms with E-state index in [9.17, 15) is 9.59 Å². The average molecular weight is 272 g/mol. The zero-order chi connectivity index (χ0) is 12.8. The van der Waals surface area contributed by atoms with Gasteiger partial charge in [-0.1, -0.05) is 18.2 Å². The summed E-state index contributed by atoms with van der Waals surface area (Å²) < 4.78 is 0. The fourth-order valence-corrected chi connectivity index (χ4v) is 1.36. The summed E-state index contributed by atoms with van der Waals surface area (Å²) in [5, 5.41) is 2.69. The van der Waals surface area contributed by atoms with Crippen LogP contribution < -0.4 is 11.1 Å². The summed E-state index contributed by atoms with van der Waals surface area (Å²) in [6.07, 6.45) is 0. The van der Waals surface area contributed by atoms with Gasteiger partial charge in [0.05, 0.1) is 12.6 Å². The molecule has 1 unspecified atom stereocenters. The molecule has 0 aliphatic carbocycles. The predicted molar refractivity (Wildman–Crippen MR) is 73.6 cm³/mol. The summed E-state index contributed by atoms with van der Waals surface area (Å²) in [5.41, 5.74) is 6.15. The largest absolute Gasteiger partial charge is 0.335 e. The molecule has 5 nitrogen and oxygen atoms in total. The lowest BCUT2D eigenvalue weighted by Gasteiger charge is -2.18. The van der Waals surface area contributed by atoms with Crippen molar-refractivity contribution in [1.82, 2.24) is 4.90 Å². The molecule has 0 heterocycles. The molecule has 1 rings (SSSR count). The molecular weight excluding hydrogens is 254 g/mol. The van der Waals surface area contributed by atoms with Gasteiger partial charge in [-0.2, -0.15) is 0 Å². The Morgan fingerprint density at radius 1 is 1.33 bits per heavy atom. The number of anilines is 1. The highest BCUT2D eigenvalue weighted by Gasteiger charge is 2.16. The molecule has 0 aromatic heterocycles. The lowest BCUT2D eigenvalue weighted by atomic mass is 10.3. The van der Waals surface area contributed by atoms with E-state index in [1.807, 2.05) is 18.2 Å². The van der Waals surface area contributed by atoms with Crippen LogP contribution in [0.15, 0.2) is 30.3 Å². The van der Waals surface area contributed by atoms with Crippen molar-refractivity contribution < 1.29 is 9.59 Å². The number of likely N-dealkylation sites (N-methyl/N-ethyl adjacent to an activating group) is 1. The summed E-state index contributed by atoms with van der Waals surface area (Å²) in [7, 11) is 1.55. The second kappa shape index (κ2) is 7.68. The van der Waals surface area contributed by atoms with Crippen molar-refractivity contribution in [3.05, 3.63) is 30.3 Å². The number of nitrogens with two attached hydrogens (primary N) is 1. The van der Waals surface area contributed by atoms with E-state index in [0.717, 1.165) is 0 Å². The van der Waals surface area contributed by atoms with Gasteiger partial charge in [0.1, 0.15) is 0 Å². The van der Waals surface area contributed by atoms with Crippen LogP contribution in [0.1, 0.15) is 6.92 Å². The number of amides is 2. The van der Waals surface area contributed by atoms with Gasteiger partial charge in [0.25, 0.3) is 0 Å². The molecule has 0 aliphatic heterocycles. The smallest absolute Gasteiger partial charge is 0.243 e. The quantitative estimate of drug-likeness (QED) is 0.853. The lowest BCUT2D eigenvalue weighted by molar-refractivity contribution is -0.134. The fourth-order valence-electron chi connectivity index (χ4n) is 1.36. The number of carbonyl (C=O) groups is 2. The fraction of sp³-hybridized carbons (Fsp3) is 0.333. The third-order valence-electron chi connectivity index (χ3n) is 2.20. The first kappa shape index (κ1) is 16.4. The molecule has 6 heteroatoms. The molecule has 100 valence electrons. The van der Waals surface area contributed by atoms with Crippen molar-refractivity contribution in [2.45, 2.75) is 13.0 Å². The Kier molecular flexibility index (Phi) is 7.00. The molecule has 0 saturated heterocycles. The topological polar surface area (TPSA) is 75.4 Å². The van der Waals surface area contributed by atoms with Crippen LogP contribution in [0.2, 0.25) is 0 Å². The van der Waals surface area contributed by atoms with E-state index < -0.39 is 6.04 Å². The predicted octanol–water partition coefficient (Wildman–Crippen LogP) is 0.853. The minimum Gasteiger partial charge on any atom is -0.335 e. The van der Waals surface area contributed by atoms with Crippen LogP contribution in [0, 0.1) is 0 Å². The summed E-state index contributed by atoms with van der Waals surface area (Å²) in [6.45, 7) is 1.59. The standard InChI is InChI=1S/C12H17N3O2.ClH/c1-9(13)12(17)15(2)8-11(16)14-10-6-4-3-5-7-10;/h3-7,9H,8,13H2,1-2H3,(H,14,16);1H. The maximum Gasteiger partial charge on any atom is 0.243 e. The van der Waals surface area contributed by atoms with Gasteiger partial charge in [-0.15, -0.1) is 12.4 Å². The van der Waals surface area contributed by atoms with Crippen molar-refractivity contribution in [1.29, 1.82) is 0 Å². The van der Waals surface area contributed by atoms with Crippen molar-refractivity contribution in [3.63, 3.8) is 0 Å². The van der Waals surface area contributed by atoms with Gasteiger partial charge in [-0.3, -0.25) is 9.59 Å². The number of rotatable bonds is 4. The van der Waals surface area contributed by atoms with Crippen molar-refractivity contribution in [3.8, 4) is 0 Å². The number of carbonyl (C=O) groups excluding carboxylic acids is 2. The Balaban J connectivity index is 0.00000289. The molecule has 1 aromatic carbocycles. The summed E-state index contributed by atoms with van der Waals surface area (Å²) in [6, 6.07) is 8.49. The first-order valence-electron chi connectivity index (χ1n) is 5.36. The Hall–Kier alpha value is -1.59. The van der Waals surface area contributed by atoms with Gasteiger partial charge < -0.3 is 16.0 Å². The van der Waals surface area contributed by atoms with Gasteiger partial charge >= 0.3 is 0 Å². The Labute approximate surface area is 113 Å². The third-order valence-corrected chi connectivity index (χ3v) is 2.20. The Bertz CT molecular complexity index is 396. The van der Waals surface area contributed by atoms with E-state index in [0.29, 0.717) is 5.69 Å². The van der Waals surface area contributed by atoms with Gasteiger partial charge in [0.15, 0.2) is 0 Å². The van der Waals surface area contributed by atoms with Crippen LogP contribution in [0.25, 0.3) is 0 Å². The number of hydrogen-bond donors (Lipinski definition) is 2. The minimum absolute atomic E-state index is 0. The number of benzene rings is 1. The Morgan fingerprint density at radius 3 is 2.39 bits per heavy atom. The van der Waals surface area contributed by atoms with Crippen LogP contribution in [0.5, 0.6) is 0 Å². The number of nitrogens with zero attached hydrogens (tertiary/aromatic N) is 1. The second-order valence-electron chi connectivity index (χ2n) is 3.90. The van der Waals surface area contributed by atoms with E-state index in [-0.39, 0.29) is 30.8 Å². The normalized spacial score (nSPS) is 11.1. The highest BCUT2D eigenvalue weighted by molar-refractivity contribution is 5.95. The third kappa shape index (κ3) is 5.16. The summed E-state index contributed by atoms with van der Waals surface area (Å²) in [4.78, 5) is 24.4. The monoisotopic (exact) mass is 271 g/mol. The van der Waals surface area contributed by atoms with Gasteiger partial charge in [-0.25, -0.2) is 0 Å². The van der Waals surface area contributed by atoms with E-state index in [4.69, 9.17) is 5.73 Å². The van der Waals surface area contributed by atoms with Crippen molar-refractivity contribution in [2.24, 2.45) is 5.73 Å². The summed E-state index contributed by atoms with van der Waals surface area (Å²) >= 11 is 0. The molecule has 0 bridgehead atoms. The number of hydrogen-bond acceptors (Lipinski definition) is 3. The Morgan fingerprint density at radius 2 is 1.89 bits per heavy atom. The van der Waals surface area contributed by atoms with Crippen molar-refractivity contribution >= 4 is 29.9 Å². The molecule has 0 radical (unpaired) electrons. The molecule has 0 aliphatic rings. The average Bonchev–Trinajstić information content (AvgIpc) is 2.28. The van der Waals surface area contributed by atoms with Crippen LogP contribution in [-0.4, -0.2) is 36.3 Å².